The van der Waals surface area contributed by atoms with Crippen molar-refractivity contribution in [2.45, 2.75) is 19.0 Å². The Morgan fingerprint density at radius 2 is 1.65 bits per heavy atom. The SMILES string of the molecule is COc1ccc(-[n+]2[nH]oc(=O)c2CNC2CC(=O)N(c3ccc(/C=C/c4ccccc4)cc3)C2=O)cc1. The fourth-order valence-corrected chi connectivity index (χ4v) is 4.16. The highest BCUT2D eigenvalue weighted by Crippen LogP contribution is 2.24. The zero-order chi connectivity index (χ0) is 25.8. The van der Waals surface area contributed by atoms with Crippen molar-refractivity contribution < 1.29 is 23.5 Å². The van der Waals surface area contributed by atoms with Gasteiger partial charge in [-0.25, -0.2) is 9.69 Å². The van der Waals surface area contributed by atoms with E-state index in [-0.39, 0.29) is 30.5 Å². The third-order valence-electron chi connectivity index (χ3n) is 6.15. The third kappa shape index (κ3) is 5.12. The minimum atomic E-state index is -0.760. The molecule has 1 aliphatic rings. The van der Waals surface area contributed by atoms with Crippen molar-refractivity contribution in [1.29, 1.82) is 0 Å². The van der Waals surface area contributed by atoms with Crippen LogP contribution in [0.25, 0.3) is 17.8 Å². The highest BCUT2D eigenvalue weighted by atomic mass is 16.5. The highest BCUT2D eigenvalue weighted by molar-refractivity contribution is 6.22. The Morgan fingerprint density at radius 1 is 0.973 bits per heavy atom. The van der Waals surface area contributed by atoms with E-state index in [0.29, 0.717) is 17.1 Å². The van der Waals surface area contributed by atoms with Crippen LogP contribution in [-0.4, -0.2) is 30.2 Å². The van der Waals surface area contributed by atoms with Gasteiger partial charge in [0.15, 0.2) is 0 Å². The first-order chi connectivity index (χ1) is 18.0. The van der Waals surface area contributed by atoms with Crippen molar-refractivity contribution in [3.05, 3.63) is 106 Å². The van der Waals surface area contributed by atoms with Gasteiger partial charge in [0.25, 0.3) is 5.91 Å². The largest absolute Gasteiger partial charge is 0.497 e. The molecule has 186 valence electrons. The highest BCUT2D eigenvalue weighted by Gasteiger charge is 2.40. The van der Waals surface area contributed by atoms with Crippen molar-refractivity contribution in [2.75, 3.05) is 12.0 Å². The second-order valence-electron chi connectivity index (χ2n) is 8.50. The second kappa shape index (κ2) is 10.5. The van der Waals surface area contributed by atoms with Gasteiger partial charge in [-0.05, 0) is 45.3 Å². The molecule has 0 radical (unpaired) electrons. The monoisotopic (exact) mass is 497 g/mol. The fourth-order valence-electron chi connectivity index (χ4n) is 4.16. The van der Waals surface area contributed by atoms with E-state index in [0.717, 1.165) is 11.1 Å². The summed E-state index contributed by atoms with van der Waals surface area (Å²) in [5.41, 5.74) is 2.87. The average molecular weight is 498 g/mol. The molecule has 3 aromatic carbocycles. The van der Waals surface area contributed by atoms with Crippen LogP contribution in [-0.2, 0) is 16.1 Å². The number of nitrogens with one attached hydrogen (secondary N) is 2. The lowest BCUT2D eigenvalue weighted by Gasteiger charge is -2.15. The number of ether oxygens (including phenoxy) is 1. The molecular formula is C28H25N4O5+. The molecule has 9 heteroatoms. The van der Waals surface area contributed by atoms with Crippen molar-refractivity contribution in [2.24, 2.45) is 0 Å². The fraction of sp³-hybridized carbons (Fsp3) is 0.143. The van der Waals surface area contributed by atoms with Crippen LogP contribution < -0.4 is 25.3 Å². The Bertz CT molecular complexity index is 1490. The number of carbonyl (C=O) groups excluding carboxylic acids is 2. The van der Waals surface area contributed by atoms with E-state index >= 15 is 0 Å². The number of hydrogen-bond acceptors (Lipinski definition) is 6. The molecule has 4 aromatic rings. The van der Waals surface area contributed by atoms with E-state index in [1.807, 2.05) is 54.6 Å². The number of H-pyrrole nitrogens is 1. The molecule has 2 amide bonds. The summed E-state index contributed by atoms with van der Waals surface area (Å²) in [6, 6.07) is 23.4. The molecule has 9 nitrogen and oxygen atoms in total. The van der Waals surface area contributed by atoms with Crippen molar-refractivity contribution in [3.63, 3.8) is 0 Å². The number of carbonyl (C=O) groups is 2. The van der Waals surface area contributed by atoms with E-state index < -0.39 is 11.7 Å². The van der Waals surface area contributed by atoms with Crippen LogP contribution in [0.2, 0.25) is 0 Å². The van der Waals surface area contributed by atoms with Gasteiger partial charge in [0, 0.05) is 12.1 Å². The number of imide groups is 1. The van der Waals surface area contributed by atoms with E-state index in [9.17, 15) is 14.4 Å². The van der Waals surface area contributed by atoms with E-state index in [4.69, 9.17) is 9.26 Å². The maximum Gasteiger partial charge on any atom is 0.431 e. The second-order valence-corrected chi connectivity index (χ2v) is 8.50. The number of methoxy groups -OCH3 is 1. The van der Waals surface area contributed by atoms with Gasteiger partial charge < -0.3 is 4.74 Å². The number of aromatic amines is 1. The number of aromatic nitrogens is 2. The summed E-state index contributed by atoms with van der Waals surface area (Å²) in [4.78, 5) is 39.3. The first-order valence-corrected chi connectivity index (χ1v) is 11.7. The van der Waals surface area contributed by atoms with Gasteiger partial charge in [-0.2, -0.15) is 0 Å². The lowest BCUT2D eigenvalue weighted by Crippen LogP contribution is -2.44. The lowest BCUT2D eigenvalue weighted by atomic mass is 10.1. The number of benzene rings is 3. The normalized spacial score (nSPS) is 15.6. The molecule has 2 heterocycles. The minimum Gasteiger partial charge on any atom is -0.497 e. The summed E-state index contributed by atoms with van der Waals surface area (Å²) in [5.74, 6) is -0.00187. The molecule has 5 rings (SSSR count). The standard InChI is InChI=1S/C28H24N4O5/c1-36-23-15-13-22(14-16-23)32-25(28(35)37-30-32)18-29-24-17-26(33)31(27(24)34)21-11-9-20(10-12-21)8-7-19-5-3-2-4-6-19/h2-16,24,29H,17-18H2,1H3/p+1/b8-7+. The van der Waals surface area contributed by atoms with Gasteiger partial charge in [0.2, 0.25) is 11.6 Å². The maximum absolute atomic E-state index is 13.1. The average Bonchev–Trinajstić information content (AvgIpc) is 3.44. The van der Waals surface area contributed by atoms with Crippen LogP contribution >= 0.6 is 0 Å². The summed E-state index contributed by atoms with van der Waals surface area (Å²) in [5, 5.41) is 5.60. The Labute approximate surface area is 212 Å². The molecule has 1 fully saturated rings. The Balaban J connectivity index is 1.26. The number of amides is 2. The van der Waals surface area contributed by atoms with Gasteiger partial charge in [0.05, 0.1) is 31.8 Å². The minimum absolute atomic E-state index is 0.00716. The van der Waals surface area contributed by atoms with Crippen molar-refractivity contribution in [3.8, 4) is 11.4 Å². The van der Waals surface area contributed by atoms with Gasteiger partial charge in [-0.3, -0.25) is 19.4 Å². The van der Waals surface area contributed by atoms with Gasteiger partial charge in [-0.15, -0.1) is 0 Å². The van der Waals surface area contributed by atoms with Crippen LogP contribution in [0.15, 0.2) is 88.2 Å². The summed E-state index contributed by atoms with van der Waals surface area (Å²) in [7, 11) is 1.57. The molecule has 0 saturated carbocycles. The van der Waals surface area contributed by atoms with Gasteiger partial charge >= 0.3 is 11.3 Å². The summed E-state index contributed by atoms with van der Waals surface area (Å²) >= 11 is 0. The Hall–Kier alpha value is -4.76. The molecule has 1 aromatic heterocycles. The molecule has 0 spiro atoms. The Kier molecular flexibility index (Phi) is 6.78. The number of rotatable bonds is 8. The topological polar surface area (TPSA) is 109 Å². The molecule has 2 N–H and O–H groups in total. The van der Waals surface area contributed by atoms with Crippen molar-refractivity contribution in [1.82, 2.24) is 10.6 Å². The van der Waals surface area contributed by atoms with Crippen LogP contribution in [0.4, 0.5) is 5.69 Å². The number of anilines is 1. The van der Waals surface area contributed by atoms with Crippen molar-refractivity contribution >= 4 is 29.7 Å². The molecule has 0 bridgehead atoms. The zero-order valence-electron chi connectivity index (χ0n) is 20.1. The predicted octanol–water partition coefficient (Wildman–Crippen LogP) is 2.85. The van der Waals surface area contributed by atoms with Gasteiger partial charge in [-0.1, -0.05) is 54.6 Å². The first-order valence-electron chi connectivity index (χ1n) is 11.7. The van der Waals surface area contributed by atoms with Gasteiger partial charge in [0.1, 0.15) is 5.75 Å². The molecule has 0 aliphatic carbocycles. The molecule has 1 unspecified atom stereocenters. The lowest BCUT2D eigenvalue weighted by molar-refractivity contribution is -0.677. The number of nitrogens with zero attached hydrogens (tertiary/aromatic N) is 2. The summed E-state index contributed by atoms with van der Waals surface area (Å²) in [6.07, 6.45) is 3.96. The number of hydrogen-bond donors (Lipinski definition) is 2. The molecule has 1 aliphatic heterocycles. The maximum atomic E-state index is 13.1. The molecule has 1 atom stereocenters. The zero-order valence-corrected chi connectivity index (χ0v) is 20.1. The molecule has 1 saturated heterocycles. The van der Waals surface area contributed by atoms with E-state index in [2.05, 4.69) is 10.6 Å². The Morgan fingerprint density at radius 3 is 2.32 bits per heavy atom. The quantitative estimate of drug-likeness (QED) is 0.220. The van der Waals surface area contributed by atoms with Crippen LogP contribution in [0, 0.1) is 0 Å². The van der Waals surface area contributed by atoms with Crippen LogP contribution in [0.1, 0.15) is 23.2 Å². The van der Waals surface area contributed by atoms with Crippen LogP contribution in [0.3, 0.4) is 0 Å². The smallest absolute Gasteiger partial charge is 0.431 e. The molecular weight excluding hydrogens is 472 g/mol. The summed E-state index contributed by atoms with van der Waals surface area (Å²) in [6.45, 7) is 0.0264. The summed E-state index contributed by atoms with van der Waals surface area (Å²) < 4.78 is 11.6. The van der Waals surface area contributed by atoms with Crippen LogP contribution in [0.5, 0.6) is 5.75 Å². The van der Waals surface area contributed by atoms with E-state index in [1.165, 1.54) is 9.58 Å². The first kappa shape index (κ1) is 24.0. The molecule has 37 heavy (non-hydrogen) atoms. The van der Waals surface area contributed by atoms with E-state index in [1.54, 1.807) is 43.5 Å². The third-order valence-corrected chi connectivity index (χ3v) is 6.15. The predicted molar refractivity (Wildman–Crippen MR) is 137 cm³/mol.